The van der Waals surface area contributed by atoms with E-state index in [1.54, 1.807) is 7.11 Å². The van der Waals surface area contributed by atoms with Gasteiger partial charge in [0.2, 0.25) is 0 Å². The maximum absolute atomic E-state index is 11.7. The van der Waals surface area contributed by atoms with Crippen molar-refractivity contribution in [2.24, 2.45) is 0 Å². The summed E-state index contributed by atoms with van der Waals surface area (Å²) in [7, 11) is 1.60. The molecule has 5 nitrogen and oxygen atoms in total. The van der Waals surface area contributed by atoms with Gasteiger partial charge in [-0.25, -0.2) is 0 Å². The first-order valence-electron chi connectivity index (χ1n) is 7.43. The van der Waals surface area contributed by atoms with E-state index < -0.39 is 0 Å². The lowest BCUT2D eigenvalue weighted by Gasteiger charge is -2.20. The second-order valence-electron chi connectivity index (χ2n) is 4.69. The van der Waals surface area contributed by atoms with Gasteiger partial charge in [-0.15, -0.1) is 0 Å². The lowest BCUT2D eigenvalue weighted by Crippen LogP contribution is -2.31. The van der Waals surface area contributed by atoms with Crippen molar-refractivity contribution < 1.29 is 14.3 Å². The maximum Gasteiger partial charge on any atom is 0.258 e. The SMILES string of the molecule is CCNC(CC)c1ccccc1OCC(=O)NCCOC. The highest BCUT2D eigenvalue weighted by Crippen LogP contribution is 2.26. The van der Waals surface area contributed by atoms with Crippen molar-refractivity contribution in [2.45, 2.75) is 26.3 Å². The van der Waals surface area contributed by atoms with Crippen molar-refractivity contribution in [3.8, 4) is 5.75 Å². The number of benzene rings is 1. The summed E-state index contributed by atoms with van der Waals surface area (Å²) >= 11 is 0. The number of hydrogen-bond acceptors (Lipinski definition) is 4. The zero-order chi connectivity index (χ0) is 15.5. The normalized spacial score (nSPS) is 12.0. The molecule has 0 aliphatic rings. The summed E-state index contributed by atoms with van der Waals surface area (Å²) in [4.78, 5) is 11.7. The molecule has 0 fully saturated rings. The molecule has 1 atom stereocenters. The Morgan fingerprint density at radius 1 is 1.29 bits per heavy atom. The van der Waals surface area contributed by atoms with Gasteiger partial charge in [-0.1, -0.05) is 32.0 Å². The van der Waals surface area contributed by atoms with Crippen LogP contribution < -0.4 is 15.4 Å². The molecule has 21 heavy (non-hydrogen) atoms. The van der Waals surface area contributed by atoms with E-state index in [0.29, 0.717) is 13.2 Å². The van der Waals surface area contributed by atoms with E-state index in [4.69, 9.17) is 9.47 Å². The summed E-state index contributed by atoms with van der Waals surface area (Å²) in [5, 5.41) is 6.16. The molecule has 1 aromatic rings. The molecule has 0 saturated heterocycles. The van der Waals surface area contributed by atoms with Gasteiger partial charge < -0.3 is 20.1 Å². The van der Waals surface area contributed by atoms with Gasteiger partial charge in [0, 0.05) is 25.3 Å². The van der Waals surface area contributed by atoms with E-state index in [-0.39, 0.29) is 18.6 Å². The minimum Gasteiger partial charge on any atom is -0.483 e. The first-order valence-corrected chi connectivity index (χ1v) is 7.43. The largest absolute Gasteiger partial charge is 0.483 e. The molecule has 1 rings (SSSR count). The number of hydrogen-bond donors (Lipinski definition) is 2. The molecular formula is C16H26N2O3. The van der Waals surface area contributed by atoms with Crippen LogP contribution in [0.25, 0.3) is 0 Å². The van der Waals surface area contributed by atoms with Gasteiger partial charge in [0.15, 0.2) is 6.61 Å². The fourth-order valence-corrected chi connectivity index (χ4v) is 2.11. The van der Waals surface area contributed by atoms with Crippen molar-refractivity contribution in [1.29, 1.82) is 0 Å². The summed E-state index contributed by atoms with van der Waals surface area (Å²) in [6, 6.07) is 8.08. The van der Waals surface area contributed by atoms with Crippen LogP contribution in [0.15, 0.2) is 24.3 Å². The Bertz CT molecular complexity index is 424. The van der Waals surface area contributed by atoms with Gasteiger partial charge >= 0.3 is 0 Å². The van der Waals surface area contributed by atoms with E-state index in [1.165, 1.54) is 0 Å². The number of amides is 1. The van der Waals surface area contributed by atoms with Crippen LogP contribution in [0.2, 0.25) is 0 Å². The average molecular weight is 294 g/mol. The van der Waals surface area contributed by atoms with Crippen molar-refractivity contribution in [2.75, 3.05) is 33.4 Å². The molecule has 1 amide bonds. The van der Waals surface area contributed by atoms with Crippen LogP contribution in [-0.4, -0.2) is 39.3 Å². The lowest BCUT2D eigenvalue weighted by molar-refractivity contribution is -0.123. The van der Waals surface area contributed by atoms with Crippen LogP contribution in [0.1, 0.15) is 31.9 Å². The zero-order valence-corrected chi connectivity index (χ0v) is 13.1. The van der Waals surface area contributed by atoms with Crippen molar-refractivity contribution >= 4 is 5.91 Å². The van der Waals surface area contributed by atoms with Crippen molar-refractivity contribution in [3.05, 3.63) is 29.8 Å². The second kappa shape index (κ2) is 10.2. The monoisotopic (exact) mass is 294 g/mol. The first-order chi connectivity index (χ1) is 10.2. The quantitative estimate of drug-likeness (QED) is 0.647. The number of ether oxygens (including phenoxy) is 2. The van der Waals surface area contributed by atoms with Gasteiger partial charge in [-0.2, -0.15) is 0 Å². The Labute approximate surface area is 127 Å². The number of rotatable bonds is 10. The van der Waals surface area contributed by atoms with Crippen molar-refractivity contribution in [3.63, 3.8) is 0 Å². The third kappa shape index (κ3) is 6.14. The van der Waals surface area contributed by atoms with Crippen molar-refractivity contribution in [1.82, 2.24) is 10.6 Å². The predicted octanol–water partition coefficient (Wildman–Crippen LogP) is 1.89. The number of nitrogens with one attached hydrogen (secondary N) is 2. The second-order valence-corrected chi connectivity index (χ2v) is 4.69. The summed E-state index contributed by atoms with van der Waals surface area (Å²) in [5.41, 5.74) is 1.09. The third-order valence-electron chi connectivity index (χ3n) is 3.14. The van der Waals surface area contributed by atoms with Crippen LogP contribution in [-0.2, 0) is 9.53 Å². The van der Waals surface area contributed by atoms with Gasteiger partial charge in [0.25, 0.3) is 5.91 Å². The van der Waals surface area contributed by atoms with Gasteiger partial charge in [-0.05, 0) is 19.0 Å². The Balaban J connectivity index is 2.60. The fraction of sp³-hybridized carbons (Fsp3) is 0.562. The molecular weight excluding hydrogens is 268 g/mol. The van der Waals surface area contributed by atoms with E-state index >= 15 is 0 Å². The topological polar surface area (TPSA) is 59.6 Å². The van der Waals surface area contributed by atoms with Gasteiger partial charge in [0.05, 0.1) is 6.61 Å². The number of carbonyl (C=O) groups excluding carboxylic acids is 1. The summed E-state index contributed by atoms with van der Waals surface area (Å²) in [6.45, 7) is 6.11. The van der Waals surface area contributed by atoms with Crippen LogP contribution in [0.3, 0.4) is 0 Å². The summed E-state index contributed by atoms with van der Waals surface area (Å²) in [5.74, 6) is 0.616. The summed E-state index contributed by atoms with van der Waals surface area (Å²) in [6.07, 6.45) is 0.967. The molecule has 1 aromatic carbocycles. The minimum absolute atomic E-state index is 0.0171. The van der Waals surface area contributed by atoms with Crippen LogP contribution in [0.5, 0.6) is 5.75 Å². The molecule has 0 heterocycles. The summed E-state index contributed by atoms with van der Waals surface area (Å²) < 4.78 is 10.5. The predicted molar refractivity (Wildman–Crippen MR) is 83.5 cm³/mol. The molecule has 0 aromatic heterocycles. The Kier molecular flexibility index (Phi) is 8.47. The number of carbonyl (C=O) groups is 1. The Hall–Kier alpha value is -1.59. The van der Waals surface area contributed by atoms with Gasteiger partial charge in [0.1, 0.15) is 5.75 Å². The molecule has 0 spiro atoms. The fourth-order valence-electron chi connectivity index (χ4n) is 2.11. The van der Waals surface area contributed by atoms with E-state index in [1.807, 2.05) is 24.3 Å². The zero-order valence-electron chi connectivity index (χ0n) is 13.1. The van der Waals surface area contributed by atoms with Crippen LogP contribution in [0, 0.1) is 0 Å². The maximum atomic E-state index is 11.7. The molecule has 0 bridgehead atoms. The van der Waals surface area contributed by atoms with E-state index in [2.05, 4.69) is 24.5 Å². The highest BCUT2D eigenvalue weighted by molar-refractivity contribution is 5.77. The molecule has 2 N–H and O–H groups in total. The average Bonchev–Trinajstić information content (AvgIpc) is 2.51. The molecule has 118 valence electrons. The standard InChI is InChI=1S/C16H26N2O3/c1-4-14(17-5-2)13-8-6-7-9-15(13)21-12-16(19)18-10-11-20-3/h6-9,14,17H,4-5,10-12H2,1-3H3,(H,18,19). The Morgan fingerprint density at radius 2 is 2.05 bits per heavy atom. The Morgan fingerprint density at radius 3 is 2.71 bits per heavy atom. The van der Waals surface area contributed by atoms with Gasteiger partial charge in [-0.3, -0.25) is 4.79 Å². The van der Waals surface area contributed by atoms with Crippen LogP contribution in [0.4, 0.5) is 0 Å². The first kappa shape index (κ1) is 17.5. The van der Waals surface area contributed by atoms with E-state index in [9.17, 15) is 4.79 Å². The molecule has 0 saturated carbocycles. The molecule has 5 heteroatoms. The molecule has 1 unspecified atom stereocenters. The number of para-hydroxylation sites is 1. The number of methoxy groups -OCH3 is 1. The highest BCUT2D eigenvalue weighted by atomic mass is 16.5. The molecule has 0 aliphatic heterocycles. The molecule has 0 radical (unpaired) electrons. The third-order valence-corrected chi connectivity index (χ3v) is 3.14. The highest BCUT2D eigenvalue weighted by Gasteiger charge is 2.13. The lowest BCUT2D eigenvalue weighted by atomic mass is 10.0. The minimum atomic E-state index is -0.140. The smallest absolute Gasteiger partial charge is 0.258 e. The van der Waals surface area contributed by atoms with Crippen LogP contribution >= 0.6 is 0 Å². The van der Waals surface area contributed by atoms with E-state index in [0.717, 1.165) is 24.3 Å². The molecule has 0 aliphatic carbocycles.